The number of hydrogen-bond acceptors (Lipinski definition) is 1. The minimum atomic E-state index is -0.131. The molecule has 3 rings (SSSR count). The third-order valence-corrected chi connectivity index (χ3v) is 6.17. The van der Waals surface area contributed by atoms with Crippen molar-refractivity contribution in [2.75, 3.05) is 0 Å². The third-order valence-electron chi connectivity index (χ3n) is 6.17. The highest BCUT2D eigenvalue weighted by Gasteiger charge is 2.23. The predicted molar refractivity (Wildman–Crippen MR) is 112 cm³/mol. The van der Waals surface area contributed by atoms with Gasteiger partial charge in [0.25, 0.3) is 0 Å². The quantitative estimate of drug-likeness (QED) is 0.436. The Bertz CT molecular complexity index is 699. The van der Waals surface area contributed by atoms with Crippen molar-refractivity contribution in [3.05, 3.63) is 53.5 Å². The van der Waals surface area contributed by atoms with E-state index in [-0.39, 0.29) is 5.82 Å². The molecule has 0 spiro atoms. The summed E-state index contributed by atoms with van der Waals surface area (Å²) in [4.78, 5) is 4.48. The minimum absolute atomic E-state index is 0.131. The Morgan fingerprint density at radius 1 is 0.963 bits per heavy atom. The summed E-state index contributed by atoms with van der Waals surface area (Å²) < 4.78 is 14.8. The van der Waals surface area contributed by atoms with Crippen LogP contribution < -0.4 is 0 Å². The Labute approximate surface area is 164 Å². The smallest absolute Gasteiger partial charge is 0.132 e. The molecular formula is C25H34FN. The molecule has 146 valence electrons. The van der Waals surface area contributed by atoms with Gasteiger partial charge in [0, 0.05) is 11.8 Å². The van der Waals surface area contributed by atoms with Crippen molar-refractivity contribution in [3.63, 3.8) is 0 Å². The molecule has 1 fully saturated rings. The highest BCUT2D eigenvalue weighted by Crippen LogP contribution is 2.38. The maximum Gasteiger partial charge on any atom is 0.132 e. The number of unbranched alkanes of at least 4 members (excludes halogenated alkanes) is 2. The van der Waals surface area contributed by atoms with Crippen molar-refractivity contribution in [1.82, 2.24) is 4.98 Å². The van der Waals surface area contributed by atoms with Gasteiger partial charge in [-0.1, -0.05) is 58.1 Å². The Hall–Kier alpha value is -1.70. The van der Waals surface area contributed by atoms with Crippen molar-refractivity contribution in [2.45, 2.75) is 84.0 Å². The van der Waals surface area contributed by atoms with E-state index in [0.29, 0.717) is 11.5 Å². The first-order valence-electron chi connectivity index (χ1n) is 11.0. The lowest BCUT2D eigenvalue weighted by Gasteiger charge is -2.29. The molecule has 0 radical (unpaired) electrons. The average molecular weight is 368 g/mol. The molecule has 0 saturated heterocycles. The molecular weight excluding hydrogens is 333 g/mol. The molecule has 1 heterocycles. The van der Waals surface area contributed by atoms with Gasteiger partial charge >= 0.3 is 0 Å². The largest absolute Gasteiger partial charge is 0.256 e. The van der Waals surface area contributed by atoms with E-state index in [9.17, 15) is 4.39 Å². The van der Waals surface area contributed by atoms with E-state index in [1.165, 1.54) is 62.5 Å². The van der Waals surface area contributed by atoms with Crippen molar-refractivity contribution in [2.24, 2.45) is 5.92 Å². The molecule has 2 heteroatoms. The van der Waals surface area contributed by atoms with Gasteiger partial charge in [-0.05, 0) is 73.3 Å². The van der Waals surface area contributed by atoms with Gasteiger partial charge in [0.15, 0.2) is 0 Å². The number of aryl methyl sites for hydroxylation is 1. The summed E-state index contributed by atoms with van der Waals surface area (Å²) in [6.07, 6.45) is 14.5. The van der Waals surface area contributed by atoms with Gasteiger partial charge in [-0.15, -0.1) is 0 Å². The zero-order valence-corrected chi connectivity index (χ0v) is 17.0. The van der Waals surface area contributed by atoms with Crippen molar-refractivity contribution < 1.29 is 4.39 Å². The molecule has 27 heavy (non-hydrogen) atoms. The molecule has 0 aliphatic heterocycles. The summed E-state index contributed by atoms with van der Waals surface area (Å²) in [6, 6.07) is 9.84. The molecule has 0 atom stereocenters. The molecule has 1 saturated carbocycles. The first kappa shape index (κ1) is 20.0. The molecule has 1 aromatic carbocycles. The standard InChI is InChI=1S/C25H34FN/c1-3-5-6-8-19-9-12-21(13-10-19)22-14-15-23(24(26)17-22)25-16-11-20(7-4-2)18-27-25/h11,14-19,21H,3-10,12-13H2,1-2H3/t19-,21-. The fourth-order valence-electron chi connectivity index (χ4n) is 4.48. The van der Waals surface area contributed by atoms with Crippen molar-refractivity contribution in [1.29, 1.82) is 0 Å². The van der Waals surface area contributed by atoms with Crippen LogP contribution in [-0.4, -0.2) is 4.98 Å². The zero-order valence-electron chi connectivity index (χ0n) is 17.0. The second-order valence-electron chi connectivity index (χ2n) is 8.25. The van der Waals surface area contributed by atoms with Gasteiger partial charge in [0.05, 0.1) is 5.69 Å². The summed E-state index contributed by atoms with van der Waals surface area (Å²) in [6.45, 7) is 4.43. The molecule has 0 N–H and O–H groups in total. The van der Waals surface area contributed by atoms with E-state index in [1.54, 1.807) is 6.07 Å². The molecule has 1 nitrogen and oxygen atoms in total. The number of aromatic nitrogens is 1. The van der Waals surface area contributed by atoms with E-state index in [0.717, 1.165) is 24.5 Å². The molecule has 1 aromatic heterocycles. The Morgan fingerprint density at radius 2 is 1.78 bits per heavy atom. The SMILES string of the molecule is CCCCC[C@H]1CC[C@H](c2ccc(-c3ccc(CCC)cn3)c(F)c2)CC1. The van der Waals surface area contributed by atoms with Crippen LogP contribution in [0.2, 0.25) is 0 Å². The molecule has 1 aliphatic carbocycles. The van der Waals surface area contributed by atoms with E-state index >= 15 is 0 Å². The van der Waals surface area contributed by atoms with Gasteiger partial charge in [0.2, 0.25) is 0 Å². The molecule has 0 amide bonds. The fraction of sp³-hybridized carbons (Fsp3) is 0.560. The minimum Gasteiger partial charge on any atom is -0.256 e. The third kappa shape index (κ3) is 5.40. The lowest BCUT2D eigenvalue weighted by atomic mass is 9.77. The Morgan fingerprint density at radius 3 is 2.41 bits per heavy atom. The van der Waals surface area contributed by atoms with Gasteiger partial charge in [-0.2, -0.15) is 0 Å². The summed E-state index contributed by atoms with van der Waals surface area (Å²) in [5, 5.41) is 0. The molecule has 1 aliphatic rings. The van der Waals surface area contributed by atoms with Crippen LogP contribution in [0.5, 0.6) is 0 Å². The topological polar surface area (TPSA) is 12.9 Å². The van der Waals surface area contributed by atoms with Crippen LogP contribution in [0.4, 0.5) is 4.39 Å². The first-order chi connectivity index (χ1) is 13.2. The Kier molecular flexibility index (Phi) is 7.43. The number of pyridine rings is 1. The number of rotatable bonds is 8. The Balaban J connectivity index is 1.61. The highest BCUT2D eigenvalue weighted by molar-refractivity contribution is 5.60. The van der Waals surface area contributed by atoms with Crippen molar-refractivity contribution in [3.8, 4) is 11.3 Å². The van der Waals surface area contributed by atoms with E-state index in [1.807, 2.05) is 18.3 Å². The maximum atomic E-state index is 14.8. The molecule has 0 unspecified atom stereocenters. The summed E-state index contributed by atoms with van der Waals surface area (Å²) in [5.74, 6) is 1.28. The summed E-state index contributed by atoms with van der Waals surface area (Å²) in [5.41, 5.74) is 3.74. The van der Waals surface area contributed by atoms with Gasteiger partial charge in [-0.25, -0.2) is 4.39 Å². The first-order valence-corrected chi connectivity index (χ1v) is 11.0. The number of halogens is 1. The van der Waals surface area contributed by atoms with E-state index < -0.39 is 0 Å². The van der Waals surface area contributed by atoms with Crippen LogP contribution in [0, 0.1) is 11.7 Å². The predicted octanol–water partition coefficient (Wildman–Crippen LogP) is 7.69. The average Bonchev–Trinajstić information content (AvgIpc) is 2.70. The monoisotopic (exact) mass is 367 g/mol. The van der Waals surface area contributed by atoms with Crippen LogP contribution >= 0.6 is 0 Å². The van der Waals surface area contributed by atoms with Crippen LogP contribution in [0.25, 0.3) is 11.3 Å². The highest BCUT2D eigenvalue weighted by atomic mass is 19.1. The summed E-state index contributed by atoms with van der Waals surface area (Å²) in [7, 11) is 0. The fourth-order valence-corrected chi connectivity index (χ4v) is 4.48. The van der Waals surface area contributed by atoms with Crippen LogP contribution in [0.3, 0.4) is 0 Å². The van der Waals surface area contributed by atoms with Crippen molar-refractivity contribution >= 4 is 0 Å². The summed E-state index contributed by atoms with van der Waals surface area (Å²) >= 11 is 0. The molecule has 0 bridgehead atoms. The van der Waals surface area contributed by atoms with Crippen LogP contribution in [-0.2, 0) is 6.42 Å². The lowest BCUT2D eigenvalue weighted by molar-refractivity contribution is 0.302. The lowest BCUT2D eigenvalue weighted by Crippen LogP contribution is -2.13. The zero-order chi connectivity index (χ0) is 19.1. The van der Waals surface area contributed by atoms with Gasteiger partial charge < -0.3 is 0 Å². The van der Waals surface area contributed by atoms with Crippen LogP contribution in [0.1, 0.15) is 88.7 Å². The number of nitrogens with zero attached hydrogens (tertiary/aromatic N) is 1. The van der Waals surface area contributed by atoms with Crippen LogP contribution in [0.15, 0.2) is 36.5 Å². The second kappa shape index (κ2) is 10.0. The van der Waals surface area contributed by atoms with E-state index in [4.69, 9.17) is 0 Å². The number of benzene rings is 1. The normalized spacial score (nSPS) is 20.0. The van der Waals surface area contributed by atoms with Gasteiger partial charge in [0.1, 0.15) is 5.82 Å². The second-order valence-corrected chi connectivity index (χ2v) is 8.25. The van der Waals surface area contributed by atoms with E-state index in [2.05, 4.69) is 31.0 Å². The van der Waals surface area contributed by atoms with Gasteiger partial charge in [-0.3, -0.25) is 4.98 Å². The maximum absolute atomic E-state index is 14.8. The molecule has 2 aromatic rings. The number of hydrogen-bond donors (Lipinski definition) is 0.